The molecule has 1 fully saturated rings. The number of hydrogen-bond acceptors (Lipinski definition) is 5. The van der Waals surface area contributed by atoms with Gasteiger partial charge in [0.25, 0.3) is 5.91 Å². The third kappa shape index (κ3) is 2.71. The van der Waals surface area contributed by atoms with Crippen molar-refractivity contribution in [1.29, 1.82) is 0 Å². The van der Waals surface area contributed by atoms with Crippen LogP contribution in [0.15, 0.2) is 53.1 Å². The van der Waals surface area contributed by atoms with Gasteiger partial charge in [-0.1, -0.05) is 41.6 Å². The van der Waals surface area contributed by atoms with E-state index >= 15 is 0 Å². The van der Waals surface area contributed by atoms with E-state index in [1.54, 1.807) is 0 Å². The van der Waals surface area contributed by atoms with Crippen molar-refractivity contribution in [2.45, 2.75) is 38.3 Å². The number of rotatable bonds is 3. The number of carbonyl (C=O) groups is 1. The molecule has 30 heavy (non-hydrogen) atoms. The van der Waals surface area contributed by atoms with Crippen LogP contribution >= 0.6 is 0 Å². The first-order valence-electron chi connectivity index (χ1n) is 10.4. The number of carbonyl (C=O) groups excluding carboxylic acids is 1. The van der Waals surface area contributed by atoms with Crippen molar-refractivity contribution in [3.8, 4) is 11.1 Å². The number of benzene rings is 2. The number of aliphatic hydroxyl groups is 1. The highest BCUT2D eigenvalue weighted by molar-refractivity contribution is 6.09. The van der Waals surface area contributed by atoms with Gasteiger partial charge in [0.2, 0.25) is 0 Å². The lowest BCUT2D eigenvalue weighted by atomic mass is 9.79. The maximum atomic E-state index is 13.6. The van der Waals surface area contributed by atoms with Gasteiger partial charge in [0.15, 0.2) is 5.54 Å². The van der Waals surface area contributed by atoms with Gasteiger partial charge in [-0.2, -0.15) is 0 Å². The highest BCUT2D eigenvalue weighted by atomic mass is 16.5. The molecule has 2 aromatic carbocycles. The molecule has 0 radical (unpaired) electrons. The fraction of sp³-hybridized carbons (Fsp3) is 0.333. The lowest BCUT2D eigenvalue weighted by Crippen LogP contribution is -2.56. The number of nitrogens with zero attached hydrogens (tertiary/aromatic N) is 2. The van der Waals surface area contributed by atoms with E-state index < -0.39 is 11.6 Å². The van der Waals surface area contributed by atoms with Gasteiger partial charge in [-0.25, -0.2) is 0 Å². The third-order valence-electron chi connectivity index (χ3n) is 6.37. The van der Waals surface area contributed by atoms with E-state index in [0.717, 1.165) is 58.8 Å². The third-order valence-corrected chi connectivity index (χ3v) is 6.37. The number of hydrogen-bond donors (Lipinski definition) is 2. The zero-order chi connectivity index (χ0) is 20.9. The van der Waals surface area contributed by atoms with Crippen molar-refractivity contribution in [3.05, 3.63) is 71.1 Å². The summed E-state index contributed by atoms with van der Waals surface area (Å²) in [5.41, 5.74) is 4.39. The molecule has 5 rings (SSSR count). The van der Waals surface area contributed by atoms with Gasteiger partial charge in [-0.05, 0) is 49.9 Å². The molecule has 0 spiro atoms. The molecule has 2 unspecified atom stereocenters. The van der Waals surface area contributed by atoms with Gasteiger partial charge in [0, 0.05) is 29.9 Å². The number of anilines is 1. The normalized spacial score (nSPS) is 24.0. The van der Waals surface area contributed by atoms with Crippen LogP contribution < -0.4 is 5.32 Å². The Balaban J connectivity index is 1.75. The first-order chi connectivity index (χ1) is 14.5. The molecule has 1 saturated heterocycles. The Morgan fingerprint density at radius 2 is 2.00 bits per heavy atom. The van der Waals surface area contributed by atoms with Gasteiger partial charge in [-0.15, -0.1) is 0 Å². The Bertz CT molecular complexity index is 1090. The highest BCUT2D eigenvalue weighted by Gasteiger charge is 2.53. The van der Waals surface area contributed by atoms with Gasteiger partial charge < -0.3 is 14.9 Å². The van der Waals surface area contributed by atoms with Crippen LogP contribution in [0.25, 0.3) is 11.1 Å². The minimum atomic E-state index is -0.979. The fourth-order valence-corrected chi connectivity index (χ4v) is 5.06. The predicted molar refractivity (Wildman–Crippen MR) is 114 cm³/mol. The molecule has 3 aromatic rings. The highest BCUT2D eigenvalue weighted by Crippen LogP contribution is 2.48. The number of β-amino-alcohol motifs (C(OH)–C–C–N with tert-alkyl or cyclic N) is 1. The smallest absolute Gasteiger partial charge is 0.254 e. The Labute approximate surface area is 175 Å². The van der Waals surface area contributed by atoms with E-state index in [2.05, 4.69) is 21.4 Å². The molecule has 6 nitrogen and oxygen atoms in total. The second kappa shape index (κ2) is 7.07. The van der Waals surface area contributed by atoms with Crippen molar-refractivity contribution < 1.29 is 14.4 Å². The summed E-state index contributed by atoms with van der Waals surface area (Å²) in [5.74, 6) is 0.678. The summed E-state index contributed by atoms with van der Waals surface area (Å²) >= 11 is 0. The standard InChI is InChI=1S/C24H25N3O3/c1-15-22(16(2)30-26-15)17-10-11-21-20(13-17)24(23(29)25-21,18-7-4-3-5-8-18)27-12-6-9-19(28)14-27/h3-5,7-8,10-11,13,19,28H,6,9,12,14H2,1-2H3,(H,25,29). The summed E-state index contributed by atoms with van der Waals surface area (Å²) in [5, 5.41) is 17.6. The van der Waals surface area contributed by atoms with E-state index in [0.29, 0.717) is 6.54 Å². The van der Waals surface area contributed by atoms with Gasteiger partial charge in [-0.3, -0.25) is 9.69 Å². The van der Waals surface area contributed by atoms with E-state index in [1.807, 2.05) is 56.3 Å². The number of aromatic nitrogens is 1. The Morgan fingerprint density at radius 3 is 2.70 bits per heavy atom. The molecule has 2 atom stereocenters. The lowest BCUT2D eigenvalue weighted by Gasteiger charge is -2.43. The zero-order valence-electron chi connectivity index (χ0n) is 17.2. The van der Waals surface area contributed by atoms with Crippen LogP contribution in [-0.2, 0) is 10.3 Å². The molecule has 0 saturated carbocycles. The number of piperidine rings is 1. The Hall–Kier alpha value is -2.96. The van der Waals surface area contributed by atoms with Gasteiger partial charge in [0.1, 0.15) is 5.76 Å². The van der Waals surface area contributed by atoms with Crippen LogP contribution in [0.1, 0.15) is 35.4 Å². The topological polar surface area (TPSA) is 78.6 Å². The molecule has 2 aliphatic heterocycles. The van der Waals surface area contributed by atoms with Crippen LogP contribution in [0.3, 0.4) is 0 Å². The molecule has 154 valence electrons. The maximum Gasteiger partial charge on any atom is 0.254 e. The van der Waals surface area contributed by atoms with E-state index in [4.69, 9.17) is 4.52 Å². The molecule has 1 aromatic heterocycles. The lowest BCUT2D eigenvalue weighted by molar-refractivity contribution is -0.127. The van der Waals surface area contributed by atoms with Crippen molar-refractivity contribution in [2.24, 2.45) is 0 Å². The summed E-state index contributed by atoms with van der Waals surface area (Å²) in [6.45, 7) is 5.02. The second-order valence-corrected chi connectivity index (χ2v) is 8.23. The Kier molecular flexibility index (Phi) is 4.49. The molecule has 6 heteroatoms. The summed E-state index contributed by atoms with van der Waals surface area (Å²) in [6.07, 6.45) is 1.17. The first kappa shape index (κ1) is 19.0. The summed E-state index contributed by atoms with van der Waals surface area (Å²) in [7, 11) is 0. The summed E-state index contributed by atoms with van der Waals surface area (Å²) in [6, 6.07) is 15.9. The molecular formula is C24H25N3O3. The number of amides is 1. The maximum absolute atomic E-state index is 13.6. The molecule has 2 aliphatic rings. The number of nitrogens with one attached hydrogen (secondary N) is 1. The van der Waals surface area contributed by atoms with Crippen LogP contribution in [-0.4, -0.2) is 40.3 Å². The van der Waals surface area contributed by atoms with E-state index in [1.165, 1.54) is 0 Å². The minimum absolute atomic E-state index is 0.0753. The number of likely N-dealkylation sites (tertiary alicyclic amines) is 1. The van der Waals surface area contributed by atoms with Crippen molar-refractivity contribution >= 4 is 11.6 Å². The molecule has 0 bridgehead atoms. The first-order valence-corrected chi connectivity index (χ1v) is 10.4. The summed E-state index contributed by atoms with van der Waals surface area (Å²) in [4.78, 5) is 15.8. The van der Waals surface area contributed by atoms with Crippen LogP contribution in [0.2, 0.25) is 0 Å². The average Bonchev–Trinajstić information content (AvgIpc) is 3.24. The summed E-state index contributed by atoms with van der Waals surface area (Å²) < 4.78 is 5.38. The molecular weight excluding hydrogens is 378 g/mol. The number of fused-ring (bicyclic) bond motifs is 1. The molecule has 2 N–H and O–H groups in total. The quantitative estimate of drug-likeness (QED) is 0.699. The molecule has 3 heterocycles. The van der Waals surface area contributed by atoms with Crippen LogP contribution in [0, 0.1) is 13.8 Å². The van der Waals surface area contributed by atoms with Crippen LogP contribution in [0.5, 0.6) is 0 Å². The zero-order valence-corrected chi connectivity index (χ0v) is 17.2. The van der Waals surface area contributed by atoms with Gasteiger partial charge >= 0.3 is 0 Å². The van der Waals surface area contributed by atoms with Gasteiger partial charge in [0.05, 0.1) is 11.8 Å². The van der Waals surface area contributed by atoms with E-state index in [-0.39, 0.29) is 5.91 Å². The predicted octanol–water partition coefficient (Wildman–Crippen LogP) is 3.61. The number of aliphatic hydroxyl groups excluding tert-OH is 1. The SMILES string of the molecule is Cc1noc(C)c1-c1ccc2c(c1)C(c1ccccc1)(N1CCCC(O)C1)C(=O)N2. The van der Waals surface area contributed by atoms with Crippen molar-refractivity contribution in [2.75, 3.05) is 18.4 Å². The monoisotopic (exact) mass is 403 g/mol. The molecule has 1 amide bonds. The van der Waals surface area contributed by atoms with E-state index in [9.17, 15) is 9.90 Å². The van der Waals surface area contributed by atoms with Crippen LogP contribution in [0.4, 0.5) is 5.69 Å². The Morgan fingerprint density at radius 1 is 1.20 bits per heavy atom. The van der Waals surface area contributed by atoms with Crippen molar-refractivity contribution in [3.63, 3.8) is 0 Å². The van der Waals surface area contributed by atoms with Crippen molar-refractivity contribution in [1.82, 2.24) is 10.1 Å². The minimum Gasteiger partial charge on any atom is -0.392 e. The number of aryl methyl sites for hydroxylation is 2. The largest absolute Gasteiger partial charge is 0.392 e. The average molecular weight is 403 g/mol. The fourth-order valence-electron chi connectivity index (χ4n) is 5.06. The molecule has 0 aliphatic carbocycles. The second-order valence-electron chi connectivity index (χ2n) is 8.23.